The van der Waals surface area contributed by atoms with Crippen LogP contribution in [-0.2, 0) is 0 Å². The van der Waals surface area contributed by atoms with Gasteiger partial charge in [0.2, 0.25) is 11.5 Å². The van der Waals surface area contributed by atoms with Gasteiger partial charge < -0.3 is 13.9 Å². The van der Waals surface area contributed by atoms with Crippen LogP contribution >= 0.6 is 0 Å². The van der Waals surface area contributed by atoms with Gasteiger partial charge in [-0.1, -0.05) is 0 Å². The number of nitrogens with zero attached hydrogens (tertiary/aromatic N) is 1. The van der Waals surface area contributed by atoms with Crippen molar-refractivity contribution in [2.45, 2.75) is 0 Å². The molecule has 0 fully saturated rings. The number of rotatable bonds is 1. The lowest BCUT2D eigenvalue weighted by molar-refractivity contribution is 0.0665. The maximum Gasteiger partial charge on any atom is 0.371 e. The van der Waals surface area contributed by atoms with Gasteiger partial charge in [-0.25, -0.2) is 9.78 Å². The van der Waals surface area contributed by atoms with Crippen molar-refractivity contribution in [3.63, 3.8) is 0 Å². The summed E-state index contributed by atoms with van der Waals surface area (Å²) >= 11 is 0. The number of furan rings is 2. The Labute approximate surface area is 82.9 Å². The van der Waals surface area contributed by atoms with Crippen molar-refractivity contribution in [2.75, 3.05) is 0 Å². The van der Waals surface area contributed by atoms with Gasteiger partial charge in [-0.3, -0.25) is 0 Å². The fourth-order valence-electron chi connectivity index (χ4n) is 1.52. The first kappa shape index (κ1) is 8.05. The maximum absolute atomic E-state index is 10.7. The summed E-state index contributed by atoms with van der Waals surface area (Å²) in [4.78, 5) is 14.7. The molecule has 0 unspecified atom stereocenters. The standard InChI is InChI=1S/C10H5NO4/c12-10(13)7-3-5-4-11-9-6(1-2-14-9)8(5)15-7/h1-4H,(H,12,13). The van der Waals surface area contributed by atoms with Gasteiger partial charge in [0.1, 0.15) is 5.58 Å². The van der Waals surface area contributed by atoms with Crippen LogP contribution in [0.4, 0.5) is 0 Å². The Morgan fingerprint density at radius 3 is 3.13 bits per heavy atom. The fraction of sp³-hybridized carbons (Fsp3) is 0. The summed E-state index contributed by atoms with van der Waals surface area (Å²) in [6.45, 7) is 0. The van der Waals surface area contributed by atoms with Crippen molar-refractivity contribution in [3.05, 3.63) is 30.4 Å². The third-order valence-electron chi connectivity index (χ3n) is 2.18. The molecule has 0 aromatic carbocycles. The summed E-state index contributed by atoms with van der Waals surface area (Å²) < 4.78 is 10.3. The molecule has 15 heavy (non-hydrogen) atoms. The first-order chi connectivity index (χ1) is 7.25. The van der Waals surface area contributed by atoms with Crippen LogP contribution in [0.2, 0.25) is 0 Å². The lowest BCUT2D eigenvalue weighted by Crippen LogP contribution is -1.91. The van der Waals surface area contributed by atoms with E-state index in [0.717, 1.165) is 0 Å². The molecular formula is C10H5NO4. The number of aromatic nitrogens is 1. The monoisotopic (exact) mass is 203 g/mol. The molecule has 5 nitrogen and oxygen atoms in total. The van der Waals surface area contributed by atoms with E-state index in [1.54, 1.807) is 6.07 Å². The first-order valence-electron chi connectivity index (χ1n) is 4.25. The molecule has 0 atom stereocenters. The minimum atomic E-state index is -1.09. The average Bonchev–Trinajstić information content (AvgIpc) is 2.82. The number of pyridine rings is 1. The Hall–Kier alpha value is -2.30. The van der Waals surface area contributed by atoms with Gasteiger partial charge in [-0.2, -0.15) is 0 Å². The Morgan fingerprint density at radius 1 is 1.47 bits per heavy atom. The van der Waals surface area contributed by atoms with Crippen LogP contribution in [0, 0.1) is 0 Å². The van der Waals surface area contributed by atoms with Crippen molar-refractivity contribution < 1.29 is 18.7 Å². The molecule has 3 aromatic rings. The van der Waals surface area contributed by atoms with Crippen molar-refractivity contribution >= 4 is 28.0 Å². The number of hydrogen-bond donors (Lipinski definition) is 1. The van der Waals surface area contributed by atoms with Gasteiger partial charge in [-0.15, -0.1) is 0 Å². The Morgan fingerprint density at radius 2 is 2.33 bits per heavy atom. The smallest absolute Gasteiger partial charge is 0.371 e. The minimum Gasteiger partial charge on any atom is -0.475 e. The molecular weight excluding hydrogens is 198 g/mol. The van der Waals surface area contributed by atoms with Crippen molar-refractivity contribution in [2.24, 2.45) is 0 Å². The van der Waals surface area contributed by atoms with Crippen molar-refractivity contribution in [3.8, 4) is 0 Å². The topological polar surface area (TPSA) is 76.5 Å². The summed E-state index contributed by atoms with van der Waals surface area (Å²) in [6, 6.07) is 3.14. The first-order valence-corrected chi connectivity index (χ1v) is 4.25. The van der Waals surface area contributed by atoms with E-state index in [9.17, 15) is 4.79 Å². The van der Waals surface area contributed by atoms with E-state index in [1.807, 2.05) is 0 Å². The second kappa shape index (κ2) is 2.60. The highest BCUT2D eigenvalue weighted by atomic mass is 16.4. The number of fused-ring (bicyclic) bond motifs is 3. The van der Waals surface area contributed by atoms with E-state index >= 15 is 0 Å². The third kappa shape index (κ3) is 1.03. The van der Waals surface area contributed by atoms with E-state index in [-0.39, 0.29) is 5.76 Å². The molecule has 0 saturated heterocycles. The van der Waals surface area contributed by atoms with E-state index in [1.165, 1.54) is 18.5 Å². The van der Waals surface area contributed by atoms with Crippen LogP contribution in [0.25, 0.3) is 22.1 Å². The zero-order valence-electron chi connectivity index (χ0n) is 7.43. The lowest BCUT2D eigenvalue weighted by atomic mass is 10.2. The van der Waals surface area contributed by atoms with Crippen molar-refractivity contribution in [1.29, 1.82) is 0 Å². The molecule has 3 rings (SSSR count). The van der Waals surface area contributed by atoms with Crippen LogP contribution < -0.4 is 0 Å². The number of carbonyl (C=O) groups is 1. The third-order valence-corrected chi connectivity index (χ3v) is 2.18. The molecule has 1 N–H and O–H groups in total. The van der Waals surface area contributed by atoms with Crippen LogP contribution in [0.15, 0.2) is 33.4 Å². The largest absolute Gasteiger partial charge is 0.475 e. The normalized spacial score (nSPS) is 11.2. The highest BCUT2D eigenvalue weighted by Crippen LogP contribution is 2.26. The van der Waals surface area contributed by atoms with Gasteiger partial charge in [-0.05, 0) is 6.07 Å². The molecule has 0 aliphatic carbocycles. The predicted molar refractivity (Wildman–Crippen MR) is 50.7 cm³/mol. The molecule has 0 aliphatic heterocycles. The van der Waals surface area contributed by atoms with Gasteiger partial charge in [0, 0.05) is 17.6 Å². The number of carboxylic acids is 1. The van der Waals surface area contributed by atoms with Gasteiger partial charge in [0.15, 0.2) is 0 Å². The van der Waals surface area contributed by atoms with Gasteiger partial charge in [0.05, 0.1) is 11.6 Å². The lowest BCUT2D eigenvalue weighted by Gasteiger charge is -1.88. The molecule has 0 spiro atoms. The van der Waals surface area contributed by atoms with Gasteiger partial charge >= 0.3 is 5.97 Å². The van der Waals surface area contributed by atoms with E-state index < -0.39 is 5.97 Å². The Kier molecular flexibility index (Phi) is 1.39. The van der Waals surface area contributed by atoms with E-state index in [2.05, 4.69) is 4.98 Å². The number of carboxylic acid groups (broad SMARTS) is 1. The molecule has 0 aliphatic rings. The maximum atomic E-state index is 10.7. The van der Waals surface area contributed by atoms with Crippen LogP contribution in [0.1, 0.15) is 10.6 Å². The van der Waals surface area contributed by atoms with Crippen LogP contribution in [0.3, 0.4) is 0 Å². The molecule has 0 radical (unpaired) electrons. The number of aromatic carboxylic acids is 1. The molecule has 0 bridgehead atoms. The number of hydrogen-bond acceptors (Lipinski definition) is 4. The van der Waals surface area contributed by atoms with Crippen molar-refractivity contribution in [1.82, 2.24) is 4.98 Å². The summed E-state index contributed by atoms with van der Waals surface area (Å²) in [5.41, 5.74) is 0.930. The highest BCUT2D eigenvalue weighted by Gasteiger charge is 2.13. The SMILES string of the molecule is O=C(O)c1cc2cnc3occc3c2o1. The Bertz CT molecular complexity index is 664. The zero-order valence-corrected chi connectivity index (χ0v) is 7.43. The molecule has 74 valence electrons. The summed E-state index contributed by atoms with van der Waals surface area (Å²) in [6.07, 6.45) is 3.01. The second-order valence-electron chi connectivity index (χ2n) is 3.10. The summed E-state index contributed by atoms with van der Waals surface area (Å²) in [7, 11) is 0. The van der Waals surface area contributed by atoms with Crippen LogP contribution in [0.5, 0.6) is 0 Å². The Balaban J connectivity index is 2.46. The highest BCUT2D eigenvalue weighted by molar-refractivity contribution is 6.02. The van der Waals surface area contributed by atoms with Gasteiger partial charge in [0.25, 0.3) is 0 Å². The zero-order chi connectivity index (χ0) is 10.4. The molecule has 3 aromatic heterocycles. The second-order valence-corrected chi connectivity index (χ2v) is 3.10. The minimum absolute atomic E-state index is 0.0968. The molecule has 0 amide bonds. The fourth-order valence-corrected chi connectivity index (χ4v) is 1.52. The summed E-state index contributed by atoms with van der Waals surface area (Å²) in [5.74, 6) is -1.19. The quantitative estimate of drug-likeness (QED) is 0.656. The molecule has 5 heteroatoms. The molecule has 0 saturated carbocycles. The average molecular weight is 203 g/mol. The predicted octanol–water partition coefficient (Wildman–Crippen LogP) is 2.27. The van der Waals surface area contributed by atoms with Crippen LogP contribution in [-0.4, -0.2) is 16.1 Å². The van der Waals surface area contributed by atoms with E-state index in [0.29, 0.717) is 22.1 Å². The van der Waals surface area contributed by atoms with E-state index in [4.69, 9.17) is 13.9 Å². The summed E-state index contributed by atoms with van der Waals surface area (Å²) in [5, 5.41) is 10.1. The molecule has 3 heterocycles.